The van der Waals surface area contributed by atoms with Gasteiger partial charge in [0.25, 0.3) is 5.91 Å². The maximum absolute atomic E-state index is 14.9. The summed E-state index contributed by atoms with van der Waals surface area (Å²) in [4.78, 5) is 12.7. The lowest BCUT2D eigenvalue weighted by Crippen LogP contribution is -2.22. The zero-order valence-corrected chi connectivity index (χ0v) is 17.9. The topological polar surface area (TPSA) is 76.4 Å². The average molecular weight is 490 g/mol. The van der Waals surface area contributed by atoms with Crippen molar-refractivity contribution in [3.63, 3.8) is 0 Å². The van der Waals surface area contributed by atoms with Crippen LogP contribution in [-0.4, -0.2) is 33.6 Å². The van der Waals surface area contributed by atoms with E-state index in [0.29, 0.717) is 11.8 Å². The quantitative estimate of drug-likeness (QED) is 0.463. The third-order valence-corrected chi connectivity index (χ3v) is 4.84. The van der Waals surface area contributed by atoms with Gasteiger partial charge in [0.2, 0.25) is 0 Å². The van der Waals surface area contributed by atoms with E-state index in [2.05, 4.69) is 10.4 Å². The van der Waals surface area contributed by atoms with Crippen LogP contribution in [0.5, 0.6) is 5.75 Å². The van der Waals surface area contributed by atoms with Crippen molar-refractivity contribution in [2.45, 2.75) is 19.2 Å². The van der Waals surface area contributed by atoms with Crippen molar-refractivity contribution >= 4 is 23.2 Å². The summed E-state index contributed by atoms with van der Waals surface area (Å²) in [5, 5.41) is 15.8. The van der Waals surface area contributed by atoms with E-state index in [0.717, 1.165) is 12.1 Å². The van der Waals surface area contributed by atoms with Crippen LogP contribution in [0.3, 0.4) is 0 Å². The Kier molecular flexibility index (Phi) is 6.94. The number of nitrogens with zero attached hydrogens (tertiary/aromatic N) is 2. The predicted octanol–water partition coefficient (Wildman–Crippen LogP) is 5.27. The van der Waals surface area contributed by atoms with Crippen molar-refractivity contribution in [1.82, 2.24) is 9.78 Å². The smallest absolute Gasteiger partial charge is 0.422 e. The molecule has 0 aliphatic heterocycles. The summed E-state index contributed by atoms with van der Waals surface area (Å²) in [6.07, 6.45) is -5.70. The van der Waals surface area contributed by atoms with Crippen LogP contribution in [0.1, 0.15) is 29.1 Å². The Bertz CT molecular complexity index is 1170. The van der Waals surface area contributed by atoms with Gasteiger partial charge in [-0.3, -0.25) is 9.48 Å². The Hall–Kier alpha value is -3.18. The fourth-order valence-electron chi connectivity index (χ4n) is 3.01. The summed E-state index contributed by atoms with van der Waals surface area (Å²) < 4.78 is 73.3. The number of aromatic nitrogens is 2. The second-order valence-electron chi connectivity index (χ2n) is 7.04. The molecule has 2 N–H and O–H groups in total. The Morgan fingerprint density at radius 3 is 2.52 bits per heavy atom. The highest BCUT2D eigenvalue weighted by Gasteiger charge is 2.30. The third kappa shape index (κ3) is 5.60. The van der Waals surface area contributed by atoms with E-state index >= 15 is 0 Å². The number of ether oxygens (including phenoxy) is 1. The van der Waals surface area contributed by atoms with Gasteiger partial charge in [-0.25, -0.2) is 8.78 Å². The summed E-state index contributed by atoms with van der Waals surface area (Å²) in [7, 11) is 1.49. The number of amides is 1. The van der Waals surface area contributed by atoms with Crippen LogP contribution < -0.4 is 10.1 Å². The second-order valence-corrected chi connectivity index (χ2v) is 7.44. The van der Waals surface area contributed by atoms with Crippen molar-refractivity contribution in [2.75, 3.05) is 11.9 Å². The monoisotopic (exact) mass is 489 g/mol. The maximum Gasteiger partial charge on any atom is 0.422 e. The van der Waals surface area contributed by atoms with Crippen LogP contribution >= 0.6 is 11.6 Å². The SMILES string of the molecule is C[C@H](O)c1cc(-c2cc(OCC(F)(F)F)c(C(=O)Nc3c(F)cccc3Cl)cc2F)nn1C. The molecule has 3 rings (SSSR count). The number of para-hydroxylation sites is 1. The number of nitrogens with one attached hydrogen (secondary N) is 1. The van der Waals surface area contributed by atoms with Gasteiger partial charge in [-0.2, -0.15) is 18.3 Å². The number of anilines is 1. The van der Waals surface area contributed by atoms with E-state index in [-0.39, 0.29) is 16.3 Å². The molecule has 0 spiro atoms. The molecular formula is C21H17ClF5N3O3. The first kappa shape index (κ1) is 24.5. The highest BCUT2D eigenvalue weighted by Crippen LogP contribution is 2.33. The van der Waals surface area contributed by atoms with E-state index in [1.807, 2.05) is 0 Å². The molecule has 1 heterocycles. The molecule has 0 bridgehead atoms. The highest BCUT2D eigenvalue weighted by molar-refractivity contribution is 6.34. The van der Waals surface area contributed by atoms with Crippen LogP contribution in [0.2, 0.25) is 5.02 Å². The largest absolute Gasteiger partial charge is 0.483 e. The van der Waals surface area contributed by atoms with Gasteiger partial charge in [-0.15, -0.1) is 0 Å². The third-order valence-electron chi connectivity index (χ3n) is 4.53. The van der Waals surface area contributed by atoms with Gasteiger partial charge in [-0.05, 0) is 37.3 Å². The minimum Gasteiger partial charge on any atom is -0.483 e. The Morgan fingerprint density at radius 1 is 1.24 bits per heavy atom. The minimum absolute atomic E-state index is 0.00753. The van der Waals surface area contributed by atoms with Crippen LogP contribution in [0.4, 0.5) is 27.6 Å². The van der Waals surface area contributed by atoms with Crippen LogP contribution in [0.15, 0.2) is 36.4 Å². The van der Waals surface area contributed by atoms with Gasteiger partial charge in [0.1, 0.15) is 17.4 Å². The molecule has 0 aliphatic carbocycles. The van der Waals surface area contributed by atoms with E-state index in [9.17, 15) is 31.9 Å². The second kappa shape index (κ2) is 9.36. The van der Waals surface area contributed by atoms with Gasteiger partial charge >= 0.3 is 6.18 Å². The molecule has 1 aromatic heterocycles. The van der Waals surface area contributed by atoms with Crippen LogP contribution in [0, 0.1) is 11.6 Å². The molecule has 3 aromatic rings. The first-order chi connectivity index (χ1) is 15.4. The van der Waals surface area contributed by atoms with Gasteiger partial charge in [-0.1, -0.05) is 17.7 Å². The number of aliphatic hydroxyl groups excluding tert-OH is 1. The van der Waals surface area contributed by atoms with Crippen LogP contribution in [0.25, 0.3) is 11.3 Å². The lowest BCUT2D eigenvalue weighted by Gasteiger charge is -2.15. The number of rotatable bonds is 6. The molecule has 0 saturated carbocycles. The molecule has 2 aromatic carbocycles. The first-order valence-corrected chi connectivity index (χ1v) is 9.76. The number of hydrogen-bond donors (Lipinski definition) is 2. The number of carbonyl (C=O) groups excluding carboxylic acids is 1. The lowest BCUT2D eigenvalue weighted by atomic mass is 10.1. The summed E-state index contributed by atoms with van der Waals surface area (Å²) in [5.41, 5.74) is -1.01. The normalized spacial score (nSPS) is 12.5. The van der Waals surface area contributed by atoms with Crippen molar-refractivity contribution in [2.24, 2.45) is 7.05 Å². The highest BCUT2D eigenvalue weighted by atomic mass is 35.5. The van der Waals surface area contributed by atoms with E-state index < -0.39 is 53.4 Å². The molecule has 6 nitrogen and oxygen atoms in total. The molecular weight excluding hydrogens is 473 g/mol. The molecule has 1 amide bonds. The zero-order chi connectivity index (χ0) is 24.5. The molecule has 0 unspecified atom stereocenters. The Balaban J connectivity index is 2.06. The fraction of sp³-hybridized carbons (Fsp3) is 0.238. The van der Waals surface area contributed by atoms with E-state index in [1.165, 1.54) is 36.9 Å². The number of benzene rings is 2. The van der Waals surface area contributed by atoms with Crippen molar-refractivity contribution < 1.29 is 36.6 Å². The Labute approximate surface area is 189 Å². The first-order valence-electron chi connectivity index (χ1n) is 9.38. The van der Waals surface area contributed by atoms with Gasteiger partial charge < -0.3 is 15.2 Å². The fourth-order valence-corrected chi connectivity index (χ4v) is 3.22. The minimum atomic E-state index is -4.75. The standard InChI is InChI=1S/C21H17ClF5N3O3/c1-10(31)17-8-16(29-30(17)2)11-7-18(33-9-21(25,26)27)12(6-15(11)24)20(32)28-19-13(22)4-3-5-14(19)23/h3-8,10,31H,9H2,1-2H3,(H,28,32)/t10-/m0/s1. The van der Waals surface area contributed by atoms with E-state index in [1.54, 1.807) is 0 Å². The molecule has 0 radical (unpaired) electrons. The molecule has 33 heavy (non-hydrogen) atoms. The Morgan fingerprint density at radius 2 is 1.94 bits per heavy atom. The molecule has 176 valence electrons. The molecule has 0 aliphatic rings. The summed E-state index contributed by atoms with van der Waals surface area (Å²) >= 11 is 5.86. The number of aryl methyl sites for hydroxylation is 1. The van der Waals surface area contributed by atoms with Gasteiger partial charge in [0.05, 0.1) is 33.8 Å². The molecule has 0 fully saturated rings. The molecule has 12 heteroatoms. The van der Waals surface area contributed by atoms with Crippen molar-refractivity contribution in [1.29, 1.82) is 0 Å². The number of alkyl halides is 3. The van der Waals surface area contributed by atoms with Gasteiger partial charge in [0, 0.05) is 12.6 Å². The number of hydrogen-bond acceptors (Lipinski definition) is 4. The number of carbonyl (C=O) groups is 1. The van der Waals surface area contributed by atoms with Crippen molar-refractivity contribution in [3.8, 4) is 17.0 Å². The maximum atomic E-state index is 14.9. The average Bonchev–Trinajstić information content (AvgIpc) is 3.10. The summed E-state index contributed by atoms with van der Waals surface area (Å²) in [5.74, 6) is -3.66. The zero-order valence-electron chi connectivity index (χ0n) is 17.2. The molecule has 1 atom stereocenters. The van der Waals surface area contributed by atoms with Crippen molar-refractivity contribution in [3.05, 3.63) is 64.3 Å². The lowest BCUT2D eigenvalue weighted by molar-refractivity contribution is -0.153. The number of aliphatic hydroxyl groups is 1. The van der Waals surface area contributed by atoms with E-state index in [4.69, 9.17) is 16.3 Å². The predicted molar refractivity (Wildman–Crippen MR) is 110 cm³/mol. The summed E-state index contributed by atoms with van der Waals surface area (Å²) in [6, 6.07) is 6.46. The molecule has 0 saturated heterocycles. The summed E-state index contributed by atoms with van der Waals surface area (Å²) in [6.45, 7) is -0.309. The van der Waals surface area contributed by atoms with Gasteiger partial charge in [0.15, 0.2) is 6.61 Å². The number of halogens is 6. The van der Waals surface area contributed by atoms with Crippen LogP contribution in [-0.2, 0) is 7.05 Å².